The van der Waals surface area contributed by atoms with E-state index in [-0.39, 0.29) is 0 Å². The smallest absolute Gasteiger partial charge is 0.0541 e. The van der Waals surface area contributed by atoms with E-state index in [2.05, 4.69) is 154 Å². The van der Waals surface area contributed by atoms with Crippen LogP contribution in [0.2, 0.25) is 0 Å². The second-order valence-electron chi connectivity index (χ2n) is 9.91. The third-order valence-corrected chi connectivity index (χ3v) is 8.36. The summed E-state index contributed by atoms with van der Waals surface area (Å²) in [6.07, 6.45) is 0. The lowest BCUT2D eigenvalue weighted by atomic mass is 9.94. The van der Waals surface area contributed by atoms with Gasteiger partial charge in [0.2, 0.25) is 0 Å². The number of benzene rings is 7. The maximum Gasteiger partial charge on any atom is 0.0541 e. The van der Waals surface area contributed by atoms with E-state index in [9.17, 15) is 0 Å². The fourth-order valence-electron chi connectivity index (χ4n) is 6.11. The maximum absolute atomic E-state index is 3.56. The topological polar surface area (TPSA) is 4.93 Å². The molecule has 178 valence electrons. The summed E-state index contributed by atoms with van der Waals surface area (Å²) in [5.41, 5.74) is 6.07. The highest BCUT2D eigenvalue weighted by molar-refractivity contribution is 9.10. The van der Waals surface area contributed by atoms with Crippen LogP contribution in [0.4, 0.5) is 0 Å². The Morgan fingerprint density at radius 3 is 1.58 bits per heavy atom. The summed E-state index contributed by atoms with van der Waals surface area (Å²) in [4.78, 5) is 0. The van der Waals surface area contributed by atoms with Gasteiger partial charge < -0.3 is 4.57 Å². The van der Waals surface area contributed by atoms with Crippen LogP contribution in [0, 0.1) is 0 Å². The van der Waals surface area contributed by atoms with Crippen molar-refractivity contribution in [3.05, 3.63) is 138 Å². The maximum atomic E-state index is 3.56. The molecule has 2 heteroatoms. The molecule has 0 N–H and O–H groups in total. The monoisotopic (exact) mass is 547 g/mol. The zero-order valence-corrected chi connectivity index (χ0v) is 22.1. The Morgan fingerprint density at radius 1 is 0.368 bits per heavy atom. The first-order valence-electron chi connectivity index (χ1n) is 12.9. The van der Waals surface area contributed by atoms with Crippen LogP contribution in [0.25, 0.3) is 70.9 Å². The molecule has 1 nitrogen and oxygen atoms in total. The van der Waals surface area contributed by atoms with Gasteiger partial charge >= 0.3 is 0 Å². The summed E-state index contributed by atoms with van der Waals surface area (Å²) in [7, 11) is 0. The average Bonchev–Trinajstić information content (AvgIpc) is 3.31. The molecule has 0 fully saturated rings. The van der Waals surface area contributed by atoms with Gasteiger partial charge in [-0.3, -0.25) is 0 Å². The molecule has 0 amide bonds. The molecule has 0 aliphatic rings. The van der Waals surface area contributed by atoms with Crippen molar-refractivity contribution in [3.8, 4) is 16.8 Å². The Kier molecular flexibility index (Phi) is 4.74. The Morgan fingerprint density at radius 2 is 0.895 bits per heavy atom. The van der Waals surface area contributed by atoms with E-state index in [1.807, 2.05) is 0 Å². The van der Waals surface area contributed by atoms with E-state index >= 15 is 0 Å². The van der Waals surface area contributed by atoms with E-state index in [0.717, 1.165) is 4.47 Å². The normalized spacial score (nSPS) is 11.8. The molecule has 0 aliphatic heterocycles. The van der Waals surface area contributed by atoms with Crippen molar-refractivity contribution >= 4 is 70.1 Å². The molecular weight excluding hydrogens is 526 g/mol. The molecule has 0 radical (unpaired) electrons. The second kappa shape index (κ2) is 8.31. The molecule has 38 heavy (non-hydrogen) atoms. The van der Waals surface area contributed by atoms with Crippen LogP contribution in [0.5, 0.6) is 0 Å². The number of nitrogens with zero attached hydrogens (tertiary/aromatic N) is 1. The van der Waals surface area contributed by atoms with Gasteiger partial charge in [-0.25, -0.2) is 0 Å². The van der Waals surface area contributed by atoms with Gasteiger partial charge in [0.15, 0.2) is 0 Å². The van der Waals surface area contributed by atoms with Gasteiger partial charge in [0.1, 0.15) is 0 Å². The van der Waals surface area contributed by atoms with Crippen molar-refractivity contribution in [1.29, 1.82) is 0 Å². The Balaban J connectivity index is 1.43. The average molecular weight is 548 g/mol. The van der Waals surface area contributed by atoms with Gasteiger partial charge in [0.05, 0.1) is 11.0 Å². The van der Waals surface area contributed by atoms with Crippen molar-refractivity contribution in [1.82, 2.24) is 4.57 Å². The Labute approximate surface area is 228 Å². The Bertz CT molecular complexity index is 2150. The minimum atomic E-state index is 1.09. The predicted octanol–water partition coefficient (Wildman–Crippen LogP) is 10.7. The lowest BCUT2D eigenvalue weighted by molar-refractivity contribution is 1.19. The van der Waals surface area contributed by atoms with Gasteiger partial charge in [-0.05, 0) is 85.9 Å². The summed E-state index contributed by atoms with van der Waals surface area (Å²) in [6, 6.07) is 48.6. The lowest BCUT2D eigenvalue weighted by Crippen LogP contribution is -1.94. The summed E-state index contributed by atoms with van der Waals surface area (Å²) < 4.78 is 3.51. The molecule has 0 saturated heterocycles. The molecule has 8 rings (SSSR count). The van der Waals surface area contributed by atoms with Crippen molar-refractivity contribution in [2.75, 3.05) is 0 Å². The highest BCUT2D eigenvalue weighted by Crippen LogP contribution is 2.39. The number of fused-ring (bicyclic) bond motifs is 9. The summed E-state index contributed by atoms with van der Waals surface area (Å²) >= 11 is 3.56. The van der Waals surface area contributed by atoms with E-state index < -0.39 is 0 Å². The lowest BCUT2D eigenvalue weighted by Gasteiger charge is -2.14. The third-order valence-electron chi connectivity index (χ3n) is 7.84. The van der Waals surface area contributed by atoms with Gasteiger partial charge in [-0.1, -0.05) is 107 Å². The number of rotatable bonds is 2. The summed E-state index contributed by atoms with van der Waals surface area (Å²) in [6.45, 7) is 0. The standard InChI is InChI=1S/C36H22BrN/c37-25-16-13-23(14-17-25)24-15-20-36-34(21-24)32-11-5-6-12-35(32)38(36)26-18-19-31-29-9-2-1-7-27(29)28-8-3-4-10-30(28)33(31)22-26/h1-22H. The number of aromatic nitrogens is 1. The Hall–Kier alpha value is -4.40. The zero-order chi connectivity index (χ0) is 25.2. The van der Waals surface area contributed by atoms with Gasteiger partial charge in [-0.2, -0.15) is 0 Å². The van der Waals surface area contributed by atoms with Crippen molar-refractivity contribution in [2.45, 2.75) is 0 Å². The molecule has 0 saturated carbocycles. The van der Waals surface area contributed by atoms with Crippen LogP contribution < -0.4 is 0 Å². The summed E-state index contributed by atoms with van der Waals surface area (Å²) in [5, 5.41) is 10.3. The van der Waals surface area contributed by atoms with Crippen LogP contribution in [0.15, 0.2) is 138 Å². The number of para-hydroxylation sites is 1. The van der Waals surface area contributed by atoms with Gasteiger partial charge in [0, 0.05) is 20.9 Å². The quantitative estimate of drug-likeness (QED) is 0.189. The number of hydrogen-bond acceptors (Lipinski definition) is 0. The van der Waals surface area contributed by atoms with Crippen molar-refractivity contribution in [2.24, 2.45) is 0 Å². The third kappa shape index (κ3) is 3.17. The first-order valence-corrected chi connectivity index (χ1v) is 13.7. The molecule has 0 aliphatic carbocycles. The van der Waals surface area contributed by atoms with Gasteiger partial charge in [-0.15, -0.1) is 0 Å². The highest BCUT2D eigenvalue weighted by atomic mass is 79.9. The molecular formula is C36H22BrN. The molecule has 0 bridgehead atoms. The zero-order valence-electron chi connectivity index (χ0n) is 20.5. The van der Waals surface area contributed by atoms with E-state index in [1.165, 1.54) is 70.9 Å². The first kappa shape index (κ1) is 21.7. The van der Waals surface area contributed by atoms with Crippen LogP contribution in [-0.2, 0) is 0 Å². The van der Waals surface area contributed by atoms with Crippen LogP contribution in [0.1, 0.15) is 0 Å². The highest BCUT2D eigenvalue weighted by Gasteiger charge is 2.15. The fourth-order valence-corrected chi connectivity index (χ4v) is 6.37. The van der Waals surface area contributed by atoms with Crippen LogP contribution in [-0.4, -0.2) is 4.57 Å². The van der Waals surface area contributed by atoms with Crippen LogP contribution >= 0.6 is 15.9 Å². The van der Waals surface area contributed by atoms with Crippen molar-refractivity contribution in [3.63, 3.8) is 0 Å². The molecule has 0 spiro atoms. The number of halogens is 1. The van der Waals surface area contributed by atoms with Crippen LogP contribution in [0.3, 0.4) is 0 Å². The SMILES string of the molecule is Brc1ccc(-c2ccc3c(c2)c2ccccc2n3-c2ccc3c4ccccc4c4ccccc4c3c2)cc1. The molecule has 0 unspecified atom stereocenters. The first-order chi connectivity index (χ1) is 18.8. The minimum Gasteiger partial charge on any atom is -0.309 e. The number of hydrogen-bond donors (Lipinski definition) is 0. The molecule has 7 aromatic carbocycles. The van der Waals surface area contributed by atoms with E-state index in [0.29, 0.717) is 0 Å². The molecule has 8 aromatic rings. The van der Waals surface area contributed by atoms with Crippen molar-refractivity contribution < 1.29 is 0 Å². The summed E-state index contributed by atoms with van der Waals surface area (Å²) in [5.74, 6) is 0. The predicted molar refractivity (Wildman–Crippen MR) is 166 cm³/mol. The molecule has 0 atom stereocenters. The minimum absolute atomic E-state index is 1.09. The van der Waals surface area contributed by atoms with Gasteiger partial charge in [0.25, 0.3) is 0 Å². The second-order valence-corrected chi connectivity index (χ2v) is 10.8. The van der Waals surface area contributed by atoms with E-state index in [4.69, 9.17) is 0 Å². The molecule has 1 heterocycles. The fraction of sp³-hybridized carbons (Fsp3) is 0. The van der Waals surface area contributed by atoms with E-state index in [1.54, 1.807) is 0 Å². The largest absolute Gasteiger partial charge is 0.309 e. The molecule has 1 aromatic heterocycles.